The monoisotopic (exact) mass is 385 g/mol. The number of sulfone groups is 1. The SMILES string of the molecule is CC(C)c1ccccc1NC(=O)COC(=O)CS[C@@H]1CCS(=O)(=O)C1. The number of anilines is 1. The van der Waals surface area contributed by atoms with Crippen LogP contribution in [0.2, 0.25) is 0 Å². The third-order valence-electron chi connectivity index (χ3n) is 3.85. The Bertz CT molecular complexity index is 730. The van der Waals surface area contributed by atoms with Gasteiger partial charge < -0.3 is 10.1 Å². The van der Waals surface area contributed by atoms with Crippen molar-refractivity contribution in [3.63, 3.8) is 0 Å². The first-order valence-electron chi connectivity index (χ1n) is 8.13. The van der Waals surface area contributed by atoms with E-state index in [0.717, 1.165) is 5.56 Å². The highest BCUT2D eigenvalue weighted by Crippen LogP contribution is 2.25. The van der Waals surface area contributed by atoms with Crippen molar-refractivity contribution < 1.29 is 22.7 Å². The molecule has 0 radical (unpaired) electrons. The molecule has 1 atom stereocenters. The number of esters is 1. The predicted octanol–water partition coefficient (Wildman–Crippen LogP) is 2.21. The Labute approximate surface area is 152 Å². The second-order valence-electron chi connectivity index (χ2n) is 6.29. The van der Waals surface area contributed by atoms with Crippen molar-refractivity contribution in [1.82, 2.24) is 0 Å². The van der Waals surface area contributed by atoms with Crippen molar-refractivity contribution in [3.05, 3.63) is 29.8 Å². The van der Waals surface area contributed by atoms with Crippen LogP contribution in [0.3, 0.4) is 0 Å². The molecule has 0 aliphatic carbocycles. The van der Waals surface area contributed by atoms with Crippen LogP contribution in [0.15, 0.2) is 24.3 Å². The largest absolute Gasteiger partial charge is 0.455 e. The summed E-state index contributed by atoms with van der Waals surface area (Å²) in [4.78, 5) is 23.7. The Balaban J connectivity index is 1.74. The lowest BCUT2D eigenvalue weighted by molar-refractivity contribution is -0.144. The molecule has 1 N–H and O–H groups in total. The summed E-state index contributed by atoms with van der Waals surface area (Å²) in [6, 6.07) is 7.50. The summed E-state index contributed by atoms with van der Waals surface area (Å²) in [5.41, 5.74) is 1.73. The smallest absolute Gasteiger partial charge is 0.316 e. The zero-order valence-corrected chi connectivity index (χ0v) is 16.0. The summed E-state index contributed by atoms with van der Waals surface area (Å²) in [6.45, 7) is 3.71. The van der Waals surface area contributed by atoms with Gasteiger partial charge in [-0.15, -0.1) is 11.8 Å². The molecule has 0 unspecified atom stereocenters. The number of ether oxygens (including phenoxy) is 1. The maximum atomic E-state index is 12.0. The van der Waals surface area contributed by atoms with Crippen molar-refractivity contribution >= 4 is 39.2 Å². The fraction of sp³-hybridized carbons (Fsp3) is 0.529. The van der Waals surface area contributed by atoms with Crippen molar-refractivity contribution in [1.29, 1.82) is 0 Å². The van der Waals surface area contributed by atoms with Gasteiger partial charge in [0, 0.05) is 10.9 Å². The maximum absolute atomic E-state index is 12.0. The number of nitrogens with one attached hydrogen (secondary N) is 1. The Morgan fingerprint density at radius 1 is 1.32 bits per heavy atom. The molecule has 1 saturated heterocycles. The molecule has 0 spiro atoms. The van der Waals surface area contributed by atoms with E-state index < -0.39 is 21.7 Å². The van der Waals surface area contributed by atoms with E-state index in [4.69, 9.17) is 4.74 Å². The predicted molar refractivity (Wildman–Crippen MR) is 99.6 cm³/mol. The van der Waals surface area contributed by atoms with Gasteiger partial charge in [-0.2, -0.15) is 0 Å². The minimum absolute atomic E-state index is 0.0516. The highest BCUT2D eigenvalue weighted by atomic mass is 32.2. The number of amides is 1. The number of thioether (sulfide) groups is 1. The number of carbonyl (C=O) groups is 2. The third kappa shape index (κ3) is 6.36. The molecule has 1 aliphatic rings. The minimum atomic E-state index is -2.95. The minimum Gasteiger partial charge on any atom is -0.455 e. The van der Waals surface area contributed by atoms with Crippen molar-refractivity contribution in [3.8, 4) is 0 Å². The van der Waals surface area contributed by atoms with Gasteiger partial charge in [0.25, 0.3) is 5.91 Å². The van der Waals surface area contributed by atoms with Crippen molar-refractivity contribution in [2.45, 2.75) is 31.4 Å². The van der Waals surface area contributed by atoms with Crippen LogP contribution in [-0.2, 0) is 24.2 Å². The molecule has 0 aromatic heterocycles. The Kier molecular flexibility index (Phi) is 6.89. The Morgan fingerprint density at radius 3 is 2.68 bits per heavy atom. The number of rotatable bonds is 7. The van der Waals surface area contributed by atoms with E-state index in [2.05, 4.69) is 5.32 Å². The number of benzene rings is 1. The zero-order chi connectivity index (χ0) is 18.4. The van der Waals surface area contributed by atoms with Crippen molar-refractivity contribution in [2.75, 3.05) is 29.2 Å². The van der Waals surface area contributed by atoms with Gasteiger partial charge in [0.2, 0.25) is 0 Å². The topological polar surface area (TPSA) is 89.5 Å². The summed E-state index contributed by atoms with van der Waals surface area (Å²) < 4.78 is 27.7. The molecule has 1 aromatic carbocycles. The standard InChI is InChI=1S/C17H23NO5S2/c1-12(2)14-5-3-4-6-15(14)18-16(19)9-23-17(20)10-24-13-7-8-25(21,22)11-13/h3-6,12-13H,7-11H2,1-2H3,(H,18,19)/t13-/m1/s1. The molecule has 0 bridgehead atoms. The van der Waals surface area contributed by atoms with Crippen molar-refractivity contribution in [2.24, 2.45) is 0 Å². The molecular weight excluding hydrogens is 362 g/mol. The van der Waals surface area contributed by atoms with Crippen LogP contribution in [0.4, 0.5) is 5.69 Å². The molecule has 0 saturated carbocycles. The van der Waals surface area contributed by atoms with Crippen LogP contribution in [0.5, 0.6) is 0 Å². The lowest BCUT2D eigenvalue weighted by Gasteiger charge is -2.13. The van der Waals surface area contributed by atoms with Crippen LogP contribution in [-0.4, -0.2) is 49.4 Å². The van der Waals surface area contributed by atoms with E-state index in [1.807, 2.05) is 38.1 Å². The molecule has 25 heavy (non-hydrogen) atoms. The fourth-order valence-electron chi connectivity index (χ4n) is 2.57. The quantitative estimate of drug-likeness (QED) is 0.724. The average Bonchev–Trinajstić information content (AvgIpc) is 2.90. The molecule has 1 amide bonds. The summed E-state index contributed by atoms with van der Waals surface area (Å²) in [6.07, 6.45) is 0.562. The van der Waals surface area contributed by atoms with Gasteiger partial charge in [-0.05, 0) is 24.0 Å². The first-order chi connectivity index (χ1) is 11.8. The van der Waals surface area contributed by atoms with Gasteiger partial charge in [0.15, 0.2) is 16.4 Å². The molecular formula is C17H23NO5S2. The molecule has 1 aromatic rings. The molecule has 6 nitrogen and oxygen atoms in total. The van der Waals surface area contributed by atoms with E-state index in [-0.39, 0.29) is 35.0 Å². The molecule has 2 rings (SSSR count). The van der Waals surface area contributed by atoms with E-state index in [1.54, 1.807) is 0 Å². The molecule has 8 heteroatoms. The number of para-hydroxylation sites is 1. The van der Waals surface area contributed by atoms with Crippen LogP contribution in [0.25, 0.3) is 0 Å². The van der Waals surface area contributed by atoms with Crippen LogP contribution in [0, 0.1) is 0 Å². The number of hydrogen-bond acceptors (Lipinski definition) is 6. The number of carbonyl (C=O) groups excluding carboxylic acids is 2. The molecule has 138 valence electrons. The van der Waals surface area contributed by atoms with Crippen LogP contribution < -0.4 is 5.32 Å². The highest BCUT2D eigenvalue weighted by molar-refractivity contribution is 8.02. The Morgan fingerprint density at radius 2 is 2.04 bits per heavy atom. The average molecular weight is 386 g/mol. The van der Waals surface area contributed by atoms with Gasteiger partial charge in [0.1, 0.15) is 0 Å². The Hall–Kier alpha value is -1.54. The van der Waals surface area contributed by atoms with Gasteiger partial charge >= 0.3 is 5.97 Å². The molecule has 1 heterocycles. The maximum Gasteiger partial charge on any atom is 0.316 e. The van der Waals surface area contributed by atoms with E-state index in [0.29, 0.717) is 12.1 Å². The van der Waals surface area contributed by atoms with E-state index >= 15 is 0 Å². The van der Waals surface area contributed by atoms with Crippen LogP contribution >= 0.6 is 11.8 Å². The van der Waals surface area contributed by atoms with Gasteiger partial charge in [0.05, 0.1) is 17.3 Å². The summed E-state index contributed by atoms with van der Waals surface area (Å²) >= 11 is 1.27. The second kappa shape index (κ2) is 8.71. The van der Waals surface area contributed by atoms with Crippen LogP contribution in [0.1, 0.15) is 31.7 Å². The molecule has 1 aliphatic heterocycles. The lowest BCUT2D eigenvalue weighted by Crippen LogP contribution is -2.23. The molecule has 1 fully saturated rings. The first kappa shape index (κ1) is 19.8. The summed E-state index contributed by atoms with van der Waals surface area (Å²) in [5.74, 6) is -0.306. The third-order valence-corrected chi connectivity index (χ3v) is 7.10. The van der Waals surface area contributed by atoms with E-state index in [1.165, 1.54) is 11.8 Å². The van der Waals surface area contributed by atoms with Gasteiger partial charge in [-0.25, -0.2) is 8.42 Å². The van der Waals surface area contributed by atoms with Gasteiger partial charge in [-0.3, -0.25) is 9.59 Å². The second-order valence-corrected chi connectivity index (χ2v) is 9.80. The fourth-order valence-corrected chi connectivity index (χ4v) is 6.01. The summed E-state index contributed by atoms with van der Waals surface area (Å²) in [5, 5.41) is 2.69. The van der Waals surface area contributed by atoms with E-state index in [9.17, 15) is 18.0 Å². The van der Waals surface area contributed by atoms with Gasteiger partial charge in [-0.1, -0.05) is 32.0 Å². The number of hydrogen-bond donors (Lipinski definition) is 1. The lowest BCUT2D eigenvalue weighted by atomic mass is 10.0. The summed E-state index contributed by atoms with van der Waals surface area (Å²) in [7, 11) is -2.95. The zero-order valence-electron chi connectivity index (χ0n) is 14.4. The first-order valence-corrected chi connectivity index (χ1v) is 11.0. The highest BCUT2D eigenvalue weighted by Gasteiger charge is 2.28. The normalized spacial score (nSPS) is 18.9.